The van der Waals surface area contributed by atoms with Crippen LogP contribution in [0.4, 0.5) is 11.4 Å². The molecule has 0 saturated carbocycles. The van der Waals surface area contributed by atoms with Crippen LogP contribution in [0.5, 0.6) is 0 Å². The van der Waals surface area contributed by atoms with Crippen LogP contribution in [-0.4, -0.2) is 20.4 Å². The zero-order chi connectivity index (χ0) is 16.3. The molecule has 0 amide bonds. The molecule has 0 aliphatic heterocycles. The molecule has 0 unspecified atom stereocenters. The van der Waals surface area contributed by atoms with E-state index in [4.69, 9.17) is 6.42 Å². The van der Waals surface area contributed by atoms with Gasteiger partial charge >= 0.3 is 0 Å². The maximum Gasteiger partial charge on any atom is 0.270 e. The summed E-state index contributed by atoms with van der Waals surface area (Å²) in [6.45, 7) is 0. The standard InChI is InChI=1S/C15H12N2O4S/c1-3-12-6-4-7-13(10-12)16(2)22(20,21)15-9-5-8-14(11-15)17(18)19/h1,4-11H,2H3. The number of rotatable bonds is 4. The van der Waals surface area contributed by atoms with Crippen molar-refractivity contribution in [2.75, 3.05) is 11.4 Å². The third-order valence-corrected chi connectivity index (χ3v) is 4.84. The Morgan fingerprint density at radius 2 is 1.86 bits per heavy atom. The quantitative estimate of drug-likeness (QED) is 0.493. The molecule has 2 aromatic carbocycles. The van der Waals surface area contributed by atoms with E-state index in [1.165, 1.54) is 25.2 Å². The number of hydrogen-bond acceptors (Lipinski definition) is 4. The lowest BCUT2D eigenvalue weighted by molar-refractivity contribution is -0.385. The van der Waals surface area contributed by atoms with Crippen LogP contribution >= 0.6 is 0 Å². The van der Waals surface area contributed by atoms with Gasteiger partial charge in [0.1, 0.15) is 0 Å². The summed E-state index contributed by atoms with van der Waals surface area (Å²) >= 11 is 0. The van der Waals surface area contributed by atoms with Crippen LogP contribution in [0.2, 0.25) is 0 Å². The summed E-state index contributed by atoms with van der Waals surface area (Å²) in [6.07, 6.45) is 5.30. The molecule has 0 heterocycles. The maximum absolute atomic E-state index is 12.6. The van der Waals surface area contributed by atoms with Gasteiger partial charge in [-0.2, -0.15) is 0 Å². The van der Waals surface area contributed by atoms with Crippen molar-refractivity contribution in [2.24, 2.45) is 0 Å². The van der Waals surface area contributed by atoms with Gasteiger partial charge in [-0.05, 0) is 24.3 Å². The summed E-state index contributed by atoms with van der Waals surface area (Å²) in [6, 6.07) is 11.4. The van der Waals surface area contributed by atoms with Gasteiger partial charge in [0.25, 0.3) is 15.7 Å². The Morgan fingerprint density at radius 3 is 2.50 bits per heavy atom. The van der Waals surface area contributed by atoms with Crippen LogP contribution < -0.4 is 4.31 Å². The number of benzene rings is 2. The number of hydrogen-bond donors (Lipinski definition) is 0. The van der Waals surface area contributed by atoms with E-state index < -0.39 is 14.9 Å². The summed E-state index contributed by atoms with van der Waals surface area (Å²) in [5.74, 6) is 2.43. The first-order valence-electron chi connectivity index (χ1n) is 6.16. The molecule has 2 rings (SSSR count). The SMILES string of the molecule is C#Cc1cccc(N(C)S(=O)(=O)c2cccc([N+](=O)[O-])c2)c1. The van der Waals surface area contributed by atoms with Crippen molar-refractivity contribution in [1.29, 1.82) is 0 Å². The Kier molecular flexibility index (Phi) is 4.15. The molecule has 0 bridgehead atoms. The molecule has 0 atom stereocenters. The minimum atomic E-state index is -3.91. The Morgan fingerprint density at radius 1 is 1.18 bits per heavy atom. The molecule has 2 aromatic rings. The number of anilines is 1. The summed E-state index contributed by atoms with van der Waals surface area (Å²) in [4.78, 5) is 9.98. The van der Waals surface area contributed by atoms with E-state index in [1.54, 1.807) is 24.3 Å². The highest BCUT2D eigenvalue weighted by Gasteiger charge is 2.23. The molecule has 0 saturated heterocycles. The largest absolute Gasteiger partial charge is 0.270 e. The third kappa shape index (κ3) is 2.92. The molecular formula is C15H12N2O4S. The van der Waals surface area contributed by atoms with Gasteiger partial charge < -0.3 is 0 Å². The average molecular weight is 316 g/mol. The molecule has 0 N–H and O–H groups in total. The lowest BCUT2D eigenvalue weighted by Gasteiger charge is -2.19. The molecule has 0 aliphatic rings. The summed E-state index contributed by atoms with van der Waals surface area (Å²) in [5.41, 5.74) is 0.632. The van der Waals surface area contributed by atoms with Gasteiger partial charge in [0.2, 0.25) is 0 Å². The fraction of sp³-hybridized carbons (Fsp3) is 0.0667. The lowest BCUT2D eigenvalue weighted by atomic mass is 10.2. The number of terminal acetylenes is 1. The molecular weight excluding hydrogens is 304 g/mol. The van der Waals surface area contributed by atoms with Crippen molar-refractivity contribution >= 4 is 21.4 Å². The Balaban J connectivity index is 2.47. The fourth-order valence-electron chi connectivity index (χ4n) is 1.85. The topological polar surface area (TPSA) is 80.5 Å². The highest BCUT2D eigenvalue weighted by molar-refractivity contribution is 7.92. The Hall–Kier alpha value is -2.85. The van der Waals surface area contributed by atoms with Crippen LogP contribution in [0.1, 0.15) is 5.56 Å². The van der Waals surface area contributed by atoms with E-state index in [9.17, 15) is 18.5 Å². The van der Waals surface area contributed by atoms with E-state index in [0.29, 0.717) is 11.3 Å². The van der Waals surface area contributed by atoms with Crippen LogP contribution in [0.3, 0.4) is 0 Å². The first-order valence-corrected chi connectivity index (χ1v) is 7.60. The minimum Gasteiger partial charge on any atom is -0.269 e. The number of sulfonamides is 1. The second-order valence-corrected chi connectivity index (χ2v) is 6.39. The first kappa shape index (κ1) is 15.5. The Labute approximate surface area is 128 Å². The van der Waals surface area contributed by atoms with Gasteiger partial charge in [-0.25, -0.2) is 8.42 Å². The van der Waals surface area contributed by atoms with Gasteiger partial charge in [-0.1, -0.05) is 18.1 Å². The predicted molar refractivity (Wildman–Crippen MR) is 83.1 cm³/mol. The monoisotopic (exact) mass is 316 g/mol. The van der Waals surface area contributed by atoms with Gasteiger partial charge in [0.15, 0.2) is 0 Å². The third-order valence-electron chi connectivity index (χ3n) is 3.06. The van der Waals surface area contributed by atoms with Gasteiger partial charge in [0, 0.05) is 24.7 Å². The first-order chi connectivity index (χ1) is 10.4. The number of nitro groups is 1. The molecule has 0 spiro atoms. The van der Waals surface area contributed by atoms with Crippen molar-refractivity contribution in [1.82, 2.24) is 0 Å². The number of nitro benzene ring substituents is 1. The van der Waals surface area contributed by atoms with Crippen molar-refractivity contribution in [3.63, 3.8) is 0 Å². The molecule has 22 heavy (non-hydrogen) atoms. The fourth-order valence-corrected chi connectivity index (χ4v) is 3.07. The predicted octanol–water partition coefficient (Wildman–Crippen LogP) is 2.40. The highest BCUT2D eigenvalue weighted by Crippen LogP contribution is 2.25. The average Bonchev–Trinajstić information content (AvgIpc) is 2.54. The normalized spacial score (nSPS) is 10.7. The van der Waals surface area contributed by atoms with Crippen LogP contribution in [0.25, 0.3) is 0 Å². The number of non-ortho nitro benzene ring substituents is 1. The molecule has 0 radical (unpaired) electrons. The van der Waals surface area contributed by atoms with E-state index in [2.05, 4.69) is 5.92 Å². The maximum atomic E-state index is 12.6. The zero-order valence-electron chi connectivity index (χ0n) is 11.6. The van der Waals surface area contributed by atoms with Crippen LogP contribution in [0, 0.1) is 22.5 Å². The highest BCUT2D eigenvalue weighted by atomic mass is 32.2. The summed E-state index contributed by atoms with van der Waals surface area (Å²) in [7, 11) is -2.55. The van der Waals surface area contributed by atoms with E-state index in [0.717, 1.165) is 10.4 Å². The van der Waals surface area contributed by atoms with Gasteiger partial charge in [-0.3, -0.25) is 14.4 Å². The van der Waals surface area contributed by atoms with Crippen molar-refractivity contribution in [2.45, 2.75) is 4.90 Å². The Bertz CT molecular complexity index is 869. The molecule has 0 aromatic heterocycles. The zero-order valence-corrected chi connectivity index (χ0v) is 12.4. The molecule has 0 aliphatic carbocycles. The van der Waals surface area contributed by atoms with E-state index >= 15 is 0 Å². The van der Waals surface area contributed by atoms with Gasteiger partial charge in [0.05, 0.1) is 15.5 Å². The van der Waals surface area contributed by atoms with Crippen LogP contribution in [0.15, 0.2) is 53.4 Å². The van der Waals surface area contributed by atoms with Crippen LogP contribution in [-0.2, 0) is 10.0 Å². The van der Waals surface area contributed by atoms with Gasteiger partial charge in [-0.15, -0.1) is 6.42 Å². The molecule has 0 fully saturated rings. The second-order valence-electron chi connectivity index (χ2n) is 4.42. The molecule has 6 nitrogen and oxygen atoms in total. The minimum absolute atomic E-state index is 0.157. The van der Waals surface area contributed by atoms with E-state index in [1.807, 2.05) is 0 Å². The summed E-state index contributed by atoms with van der Waals surface area (Å²) < 4.78 is 26.2. The van der Waals surface area contributed by atoms with Crippen molar-refractivity contribution in [3.8, 4) is 12.3 Å². The molecule has 7 heteroatoms. The smallest absolute Gasteiger partial charge is 0.269 e. The van der Waals surface area contributed by atoms with Crippen molar-refractivity contribution in [3.05, 3.63) is 64.2 Å². The number of nitrogens with zero attached hydrogens (tertiary/aromatic N) is 2. The molecule has 112 valence electrons. The summed E-state index contributed by atoms with van der Waals surface area (Å²) in [5, 5.41) is 10.8. The lowest BCUT2D eigenvalue weighted by Crippen LogP contribution is -2.26. The van der Waals surface area contributed by atoms with Crippen molar-refractivity contribution < 1.29 is 13.3 Å². The second kappa shape index (κ2) is 5.87. The van der Waals surface area contributed by atoms with E-state index in [-0.39, 0.29) is 10.6 Å².